The van der Waals surface area contributed by atoms with Gasteiger partial charge in [-0.15, -0.1) is 0 Å². The molecule has 0 saturated heterocycles. The summed E-state index contributed by atoms with van der Waals surface area (Å²) in [4.78, 5) is 0. The van der Waals surface area contributed by atoms with Crippen LogP contribution in [0.25, 0.3) is 0 Å². The van der Waals surface area contributed by atoms with Gasteiger partial charge in [-0.1, -0.05) is 223 Å². The van der Waals surface area contributed by atoms with Gasteiger partial charge < -0.3 is 0 Å². The van der Waals surface area contributed by atoms with E-state index in [0.717, 1.165) is 59.2 Å². The van der Waals surface area contributed by atoms with Crippen molar-refractivity contribution in [1.82, 2.24) is 0 Å². The van der Waals surface area contributed by atoms with E-state index >= 15 is 0 Å². The van der Waals surface area contributed by atoms with Gasteiger partial charge in [0.05, 0.1) is 0 Å². The highest BCUT2D eigenvalue weighted by Gasteiger charge is 2.19. The van der Waals surface area contributed by atoms with Crippen molar-refractivity contribution in [2.24, 2.45) is 59.2 Å². The Morgan fingerprint density at radius 2 is 0.318 bits per heavy atom. The van der Waals surface area contributed by atoms with Crippen molar-refractivity contribution in [1.29, 1.82) is 0 Å². The molecule has 0 aromatic rings. The molecular weight excluding hydrogens is 528 g/mol. The third kappa shape index (κ3) is 20.3. The molecule has 0 N–H and O–H groups in total. The largest absolute Gasteiger partial charge is 0.0625 e. The van der Waals surface area contributed by atoms with Gasteiger partial charge >= 0.3 is 0 Å². The number of hydrogen-bond donors (Lipinski definition) is 0. The standard InChI is InChI=1S/4C9H18.C8H16/c4*1-8(2)9-6-4-3-5-7-9;1-7(2)8-5-3-4-6-8/h4*8-9H,3-7H2,1-2H3;7-8H,3-6H2,1-2H3. The van der Waals surface area contributed by atoms with Crippen LogP contribution in [0.5, 0.6) is 0 Å². The molecule has 5 aliphatic rings. The minimum Gasteiger partial charge on any atom is -0.0625 e. The van der Waals surface area contributed by atoms with Gasteiger partial charge in [-0.3, -0.25) is 0 Å². The Kier molecular flexibility index (Phi) is 24.8. The van der Waals surface area contributed by atoms with Crippen molar-refractivity contribution >= 4 is 0 Å². The Morgan fingerprint density at radius 1 is 0.205 bits per heavy atom. The molecule has 0 radical (unpaired) electrons. The fourth-order valence-electron chi connectivity index (χ4n) is 8.83. The van der Waals surface area contributed by atoms with Crippen LogP contribution >= 0.6 is 0 Å². The minimum absolute atomic E-state index is 0.935. The highest BCUT2D eigenvalue weighted by atomic mass is 14.2. The molecule has 44 heavy (non-hydrogen) atoms. The molecule has 0 bridgehead atoms. The van der Waals surface area contributed by atoms with E-state index in [1.165, 1.54) is 154 Å². The van der Waals surface area contributed by atoms with E-state index in [-0.39, 0.29) is 0 Å². The molecule has 0 heteroatoms. The second-order valence-corrected chi connectivity index (χ2v) is 17.9. The van der Waals surface area contributed by atoms with Crippen molar-refractivity contribution in [2.75, 3.05) is 0 Å². The quantitative estimate of drug-likeness (QED) is 0.288. The van der Waals surface area contributed by atoms with Crippen LogP contribution < -0.4 is 0 Å². The summed E-state index contributed by atoms with van der Waals surface area (Å²) in [5, 5.41) is 0. The monoisotopic (exact) mass is 617 g/mol. The summed E-state index contributed by atoms with van der Waals surface area (Å²) < 4.78 is 0. The maximum Gasteiger partial charge on any atom is -0.0391 e. The molecule has 0 unspecified atom stereocenters. The van der Waals surface area contributed by atoms with E-state index in [1.807, 2.05) is 0 Å². The molecule has 0 aromatic heterocycles. The topological polar surface area (TPSA) is 0 Å². The van der Waals surface area contributed by atoms with Gasteiger partial charge in [0.1, 0.15) is 0 Å². The van der Waals surface area contributed by atoms with Crippen molar-refractivity contribution in [3.8, 4) is 0 Å². The fourth-order valence-corrected chi connectivity index (χ4v) is 8.83. The third-order valence-corrected chi connectivity index (χ3v) is 12.7. The number of hydrogen-bond acceptors (Lipinski definition) is 0. The SMILES string of the molecule is CC(C)C1CCCC1.CC(C)C1CCCCC1.CC(C)C1CCCCC1.CC(C)C1CCCCC1.CC(C)C1CCCCC1. The van der Waals surface area contributed by atoms with Crippen LogP contribution in [0.15, 0.2) is 0 Å². The second-order valence-electron chi connectivity index (χ2n) is 17.9. The lowest BCUT2D eigenvalue weighted by Crippen LogP contribution is -2.12. The Bertz CT molecular complexity index is 494. The molecule has 0 nitrogen and oxygen atoms in total. The van der Waals surface area contributed by atoms with Crippen LogP contribution in [0.2, 0.25) is 0 Å². The first-order chi connectivity index (χ1) is 21.0. The summed E-state index contributed by atoms with van der Waals surface area (Å²) in [5.41, 5.74) is 0. The summed E-state index contributed by atoms with van der Waals surface area (Å²) in [6, 6.07) is 0. The van der Waals surface area contributed by atoms with Gasteiger partial charge in [-0.05, 0) is 59.2 Å². The van der Waals surface area contributed by atoms with Crippen molar-refractivity contribution in [2.45, 2.75) is 223 Å². The van der Waals surface area contributed by atoms with Crippen LogP contribution in [0.3, 0.4) is 0 Å². The van der Waals surface area contributed by atoms with Crippen molar-refractivity contribution < 1.29 is 0 Å². The predicted octanol–water partition coefficient (Wildman–Crippen LogP) is 15.7. The van der Waals surface area contributed by atoms with E-state index in [2.05, 4.69) is 69.2 Å². The first-order valence-corrected chi connectivity index (χ1v) is 21.0. The molecular formula is C44H88. The number of rotatable bonds is 5. The Labute approximate surface area is 281 Å². The molecule has 5 fully saturated rings. The van der Waals surface area contributed by atoms with E-state index in [9.17, 15) is 0 Å². The molecule has 0 aromatic carbocycles. The normalized spacial score (nSPS) is 23.0. The van der Waals surface area contributed by atoms with Gasteiger partial charge in [0.2, 0.25) is 0 Å². The highest BCUT2D eigenvalue weighted by Crippen LogP contribution is 2.32. The molecule has 5 aliphatic carbocycles. The van der Waals surface area contributed by atoms with E-state index in [0.29, 0.717) is 0 Å². The first-order valence-electron chi connectivity index (χ1n) is 21.0. The van der Waals surface area contributed by atoms with E-state index in [1.54, 1.807) is 0 Å². The van der Waals surface area contributed by atoms with Crippen LogP contribution in [0.1, 0.15) is 223 Å². The average Bonchev–Trinajstić information content (AvgIpc) is 3.60. The molecule has 0 atom stereocenters. The third-order valence-electron chi connectivity index (χ3n) is 12.7. The zero-order valence-electron chi connectivity index (χ0n) is 32.7. The zero-order valence-corrected chi connectivity index (χ0v) is 32.7. The lowest BCUT2D eigenvalue weighted by atomic mass is 9.82. The minimum atomic E-state index is 0.935. The smallest absolute Gasteiger partial charge is 0.0391 e. The Hall–Kier alpha value is 0. The summed E-state index contributed by atoms with van der Waals surface area (Å²) in [6.45, 7) is 23.5. The van der Waals surface area contributed by atoms with E-state index < -0.39 is 0 Å². The average molecular weight is 617 g/mol. The van der Waals surface area contributed by atoms with Gasteiger partial charge in [-0.25, -0.2) is 0 Å². The van der Waals surface area contributed by atoms with Gasteiger partial charge in [0.15, 0.2) is 0 Å². The Morgan fingerprint density at radius 3 is 0.409 bits per heavy atom. The lowest BCUT2D eigenvalue weighted by molar-refractivity contribution is 0.279. The lowest BCUT2D eigenvalue weighted by Gasteiger charge is -2.24. The molecule has 0 aliphatic heterocycles. The van der Waals surface area contributed by atoms with Gasteiger partial charge in [0.25, 0.3) is 0 Å². The Balaban J connectivity index is 0.000000275. The van der Waals surface area contributed by atoms with Crippen LogP contribution in [-0.4, -0.2) is 0 Å². The molecule has 5 rings (SSSR count). The highest BCUT2D eigenvalue weighted by molar-refractivity contribution is 4.71. The molecule has 0 amide bonds. The summed E-state index contributed by atoms with van der Waals surface area (Å²) in [5.74, 6) is 9.97. The summed E-state index contributed by atoms with van der Waals surface area (Å²) in [6.07, 6.45) is 35.8. The van der Waals surface area contributed by atoms with Crippen LogP contribution in [0.4, 0.5) is 0 Å². The van der Waals surface area contributed by atoms with Crippen LogP contribution in [0, 0.1) is 59.2 Å². The summed E-state index contributed by atoms with van der Waals surface area (Å²) >= 11 is 0. The van der Waals surface area contributed by atoms with Crippen molar-refractivity contribution in [3.05, 3.63) is 0 Å². The summed E-state index contributed by atoms with van der Waals surface area (Å²) in [7, 11) is 0. The first kappa shape index (κ1) is 42.0. The maximum atomic E-state index is 2.36. The molecule has 5 saturated carbocycles. The van der Waals surface area contributed by atoms with E-state index in [4.69, 9.17) is 0 Å². The zero-order chi connectivity index (χ0) is 32.7. The van der Waals surface area contributed by atoms with Gasteiger partial charge in [0, 0.05) is 0 Å². The predicted molar refractivity (Wildman–Crippen MR) is 202 cm³/mol. The maximum absolute atomic E-state index is 2.36. The van der Waals surface area contributed by atoms with Crippen LogP contribution in [-0.2, 0) is 0 Å². The van der Waals surface area contributed by atoms with Gasteiger partial charge in [-0.2, -0.15) is 0 Å². The molecule has 264 valence electrons. The molecule has 0 heterocycles. The van der Waals surface area contributed by atoms with Crippen molar-refractivity contribution in [3.63, 3.8) is 0 Å². The fraction of sp³-hybridized carbons (Fsp3) is 1.00. The second kappa shape index (κ2) is 26.0. The molecule has 0 spiro atoms.